The first kappa shape index (κ1) is 18.7. The van der Waals surface area contributed by atoms with Gasteiger partial charge in [-0.3, -0.25) is 9.59 Å². The highest BCUT2D eigenvalue weighted by Gasteiger charge is 2.15. The summed E-state index contributed by atoms with van der Waals surface area (Å²) in [6.07, 6.45) is 5.48. The molecule has 7 nitrogen and oxygen atoms in total. The second-order valence-corrected chi connectivity index (χ2v) is 7.01. The van der Waals surface area contributed by atoms with Crippen LogP contribution in [-0.4, -0.2) is 29.9 Å². The molecule has 1 aliphatic rings. The van der Waals surface area contributed by atoms with Crippen molar-refractivity contribution in [2.45, 2.75) is 19.8 Å². The van der Waals surface area contributed by atoms with Crippen LogP contribution in [0.25, 0.3) is 0 Å². The molecule has 7 heteroatoms. The van der Waals surface area contributed by atoms with E-state index in [0.717, 1.165) is 24.5 Å². The maximum absolute atomic E-state index is 12.7. The first-order chi connectivity index (χ1) is 14.1. The summed E-state index contributed by atoms with van der Waals surface area (Å²) in [5, 5.41) is 5.63. The maximum atomic E-state index is 12.7. The van der Waals surface area contributed by atoms with Gasteiger partial charge in [0.25, 0.3) is 11.8 Å². The number of rotatable bonds is 5. The Bertz CT molecular complexity index is 1010. The zero-order chi connectivity index (χ0) is 20.2. The van der Waals surface area contributed by atoms with Gasteiger partial charge < -0.3 is 20.0 Å². The van der Waals surface area contributed by atoms with E-state index < -0.39 is 0 Å². The monoisotopic (exact) mass is 390 g/mol. The minimum atomic E-state index is -0.364. The molecule has 3 aromatic rings. The highest BCUT2D eigenvalue weighted by Crippen LogP contribution is 2.21. The van der Waals surface area contributed by atoms with Crippen molar-refractivity contribution in [3.63, 3.8) is 0 Å². The number of pyridine rings is 1. The number of carbonyl (C=O) groups is 2. The van der Waals surface area contributed by atoms with E-state index in [0.29, 0.717) is 16.9 Å². The zero-order valence-electron chi connectivity index (χ0n) is 16.1. The zero-order valence-corrected chi connectivity index (χ0v) is 16.1. The molecule has 0 radical (unpaired) electrons. The maximum Gasteiger partial charge on any atom is 0.291 e. The third-order valence-electron chi connectivity index (χ3n) is 4.93. The quantitative estimate of drug-likeness (QED) is 0.685. The number of aromatic nitrogens is 1. The topological polar surface area (TPSA) is 87.5 Å². The number of nitrogens with one attached hydrogen (secondary N) is 2. The van der Waals surface area contributed by atoms with Crippen LogP contribution in [0.4, 0.5) is 17.2 Å². The number of benzene rings is 1. The van der Waals surface area contributed by atoms with Crippen molar-refractivity contribution in [2.24, 2.45) is 0 Å². The Morgan fingerprint density at radius 1 is 1.03 bits per heavy atom. The molecule has 2 amide bonds. The standard InChI is InChI=1S/C22H22N4O3/c1-15-6-7-16(13-18(15)25-22(28)19-5-4-12-29-19)21(27)24-17-8-9-20(23-14-17)26-10-2-3-11-26/h4-9,12-14H,2-3,10-11H2,1H3,(H,24,27)(H,25,28). The van der Waals surface area contributed by atoms with Crippen LogP contribution in [0.15, 0.2) is 59.3 Å². The fraction of sp³-hybridized carbons (Fsp3) is 0.227. The van der Waals surface area contributed by atoms with E-state index in [2.05, 4.69) is 20.5 Å². The SMILES string of the molecule is Cc1ccc(C(=O)Nc2ccc(N3CCCC3)nc2)cc1NC(=O)c1ccco1. The molecule has 1 aliphatic heterocycles. The molecule has 0 aliphatic carbocycles. The predicted octanol–water partition coefficient (Wildman–Crippen LogP) is 4.09. The van der Waals surface area contributed by atoms with Gasteiger partial charge in [-0.15, -0.1) is 0 Å². The van der Waals surface area contributed by atoms with Crippen molar-refractivity contribution in [3.05, 3.63) is 71.8 Å². The van der Waals surface area contributed by atoms with Crippen LogP contribution < -0.4 is 15.5 Å². The van der Waals surface area contributed by atoms with Crippen molar-refractivity contribution >= 4 is 29.0 Å². The average molecular weight is 390 g/mol. The lowest BCUT2D eigenvalue weighted by atomic mass is 10.1. The highest BCUT2D eigenvalue weighted by molar-refractivity contribution is 6.07. The van der Waals surface area contributed by atoms with E-state index in [1.54, 1.807) is 36.5 Å². The number of anilines is 3. The van der Waals surface area contributed by atoms with Crippen molar-refractivity contribution in [1.82, 2.24) is 4.98 Å². The Balaban J connectivity index is 1.45. The largest absolute Gasteiger partial charge is 0.459 e. The van der Waals surface area contributed by atoms with E-state index in [1.807, 2.05) is 19.1 Å². The van der Waals surface area contributed by atoms with Gasteiger partial charge in [-0.2, -0.15) is 0 Å². The molecule has 0 saturated carbocycles. The number of hydrogen-bond acceptors (Lipinski definition) is 5. The molecular weight excluding hydrogens is 368 g/mol. The normalized spacial score (nSPS) is 13.3. The summed E-state index contributed by atoms with van der Waals surface area (Å²) < 4.78 is 5.11. The van der Waals surface area contributed by atoms with Crippen molar-refractivity contribution in [2.75, 3.05) is 28.6 Å². The number of furan rings is 1. The summed E-state index contributed by atoms with van der Waals surface area (Å²) in [5.41, 5.74) is 2.47. The molecule has 4 rings (SSSR count). The molecule has 2 N–H and O–H groups in total. The average Bonchev–Trinajstić information content (AvgIpc) is 3.44. The third-order valence-corrected chi connectivity index (χ3v) is 4.93. The summed E-state index contributed by atoms with van der Waals surface area (Å²) in [6.45, 7) is 3.91. The van der Waals surface area contributed by atoms with Crippen molar-refractivity contribution in [3.8, 4) is 0 Å². The van der Waals surface area contributed by atoms with Gasteiger partial charge in [-0.1, -0.05) is 6.07 Å². The summed E-state index contributed by atoms with van der Waals surface area (Å²) in [4.78, 5) is 31.6. The first-order valence-electron chi connectivity index (χ1n) is 9.58. The molecule has 2 aromatic heterocycles. The number of nitrogens with zero attached hydrogens (tertiary/aromatic N) is 2. The van der Waals surface area contributed by atoms with Crippen LogP contribution in [0.2, 0.25) is 0 Å². The summed E-state index contributed by atoms with van der Waals surface area (Å²) in [5.74, 6) is 0.508. The second kappa shape index (κ2) is 8.18. The predicted molar refractivity (Wildman–Crippen MR) is 111 cm³/mol. The fourth-order valence-corrected chi connectivity index (χ4v) is 3.29. The van der Waals surface area contributed by atoms with Gasteiger partial charge in [-0.05, 0) is 61.7 Å². The van der Waals surface area contributed by atoms with Gasteiger partial charge in [0, 0.05) is 24.3 Å². The van der Waals surface area contributed by atoms with E-state index >= 15 is 0 Å². The van der Waals surface area contributed by atoms with Gasteiger partial charge in [0.2, 0.25) is 0 Å². The minimum absolute atomic E-state index is 0.212. The molecule has 3 heterocycles. The van der Waals surface area contributed by atoms with Gasteiger partial charge in [0.05, 0.1) is 18.1 Å². The molecule has 1 saturated heterocycles. The minimum Gasteiger partial charge on any atom is -0.459 e. The molecule has 0 unspecified atom stereocenters. The Kier molecular flexibility index (Phi) is 5.29. The van der Waals surface area contributed by atoms with Crippen LogP contribution in [0.1, 0.15) is 39.3 Å². The van der Waals surface area contributed by atoms with Crippen LogP contribution >= 0.6 is 0 Å². The van der Waals surface area contributed by atoms with Gasteiger partial charge in [0.15, 0.2) is 5.76 Å². The lowest BCUT2D eigenvalue weighted by molar-refractivity contribution is 0.0993. The van der Waals surface area contributed by atoms with E-state index in [-0.39, 0.29) is 17.6 Å². The van der Waals surface area contributed by atoms with Crippen LogP contribution in [0.3, 0.4) is 0 Å². The number of hydrogen-bond donors (Lipinski definition) is 2. The number of carbonyl (C=O) groups excluding carboxylic acids is 2. The molecule has 0 spiro atoms. The molecule has 1 fully saturated rings. The van der Waals surface area contributed by atoms with Gasteiger partial charge in [-0.25, -0.2) is 4.98 Å². The van der Waals surface area contributed by atoms with E-state index in [4.69, 9.17) is 4.42 Å². The number of aryl methyl sites for hydroxylation is 1. The molecule has 0 atom stereocenters. The molecule has 148 valence electrons. The Labute approximate surface area is 168 Å². The Hall–Kier alpha value is -3.61. The number of amides is 2. The molecule has 1 aromatic carbocycles. The van der Waals surface area contributed by atoms with Gasteiger partial charge in [0.1, 0.15) is 5.82 Å². The lowest BCUT2D eigenvalue weighted by Gasteiger charge is -2.16. The first-order valence-corrected chi connectivity index (χ1v) is 9.58. The van der Waals surface area contributed by atoms with Crippen LogP contribution in [0, 0.1) is 6.92 Å². The molecule has 29 heavy (non-hydrogen) atoms. The van der Waals surface area contributed by atoms with Crippen molar-refractivity contribution in [1.29, 1.82) is 0 Å². The van der Waals surface area contributed by atoms with Crippen LogP contribution in [0.5, 0.6) is 0 Å². The van der Waals surface area contributed by atoms with E-state index in [1.165, 1.54) is 19.1 Å². The Morgan fingerprint density at radius 2 is 1.86 bits per heavy atom. The smallest absolute Gasteiger partial charge is 0.291 e. The summed E-state index contributed by atoms with van der Waals surface area (Å²) >= 11 is 0. The van der Waals surface area contributed by atoms with Crippen LogP contribution in [-0.2, 0) is 0 Å². The summed E-state index contributed by atoms with van der Waals surface area (Å²) in [7, 11) is 0. The highest BCUT2D eigenvalue weighted by atomic mass is 16.3. The summed E-state index contributed by atoms with van der Waals surface area (Å²) in [6, 6.07) is 12.2. The van der Waals surface area contributed by atoms with E-state index in [9.17, 15) is 9.59 Å². The second-order valence-electron chi connectivity index (χ2n) is 7.01. The van der Waals surface area contributed by atoms with Crippen molar-refractivity contribution < 1.29 is 14.0 Å². The Morgan fingerprint density at radius 3 is 2.55 bits per heavy atom. The molecule has 0 bridgehead atoms. The molecular formula is C22H22N4O3. The fourth-order valence-electron chi connectivity index (χ4n) is 3.29. The third kappa shape index (κ3) is 4.29. The van der Waals surface area contributed by atoms with Gasteiger partial charge >= 0.3 is 0 Å². The lowest BCUT2D eigenvalue weighted by Crippen LogP contribution is -2.19.